The molecule has 0 unspecified atom stereocenters. The number of ether oxygens (including phenoxy) is 2. The summed E-state index contributed by atoms with van der Waals surface area (Å²) in [5.74, 6) is 2.26. The summed E-state index contributed by atoms with van der Waals surface area (Å²) in [6, 6.07) is 6.61. The molecule has 0 saturated heterocycles. The molecule has 0 amide bonds. The minimum atomic E-state index is 0. The van der Waals surface area contributed by atoms with Gasteiger partial charge in [-0.15, -0.1) is 24.0 Å². The molecule has 0 spiro atoms. The number of rotatable bonds is 10. The van der Waals surface area contributed by atoms with E-state index >= 15 is 0 Å². The van der Waals surface area contributed by atoms with E-state index in [1.807, 2.05) is 25.1 Å². The predicted molar refractivity (Wildman–Crippen MR) is 119 cm³/mol. The van der Waals surface area contributed by atoms with Crippen LogP contribution in [-0.2, 0) is 0 Å². The van der Waals surface area contributed by atoms with Gasteiger partial charge >= 0.3 is 0 Å². The first-order valence-electron chi connectivity index (χ1n) is 9.32. The number of hydrogen-bond donors (Lipinski definition) is 2. The van der Waals surface area contributed by atoms with E-state index < -0.39 is 0 Å². The Morgan fingerprint density at radius 2 is 2.00 bits per heavy atom. The van der Waals surface area contributed by atoms with Gasteiger partial charge in [-0.2, -0.15) is 0 Å². The van der Waals surface area contributed by atoms with E-state index in [-0.39, 0.29) is 24.0 Å². The van der Waals surface area contributed by atoms with Crippen molar-refractivity contribution in [3.8, 4) is 11.5 Å². The highest BCUT2D eigenvalue weighted by molar-refractivity contribution is 14.0. The average Bonchev–Trinajstić information content (AvgIpc) is 3.45. The summed E-state index contributed by atoms with van der Waals surface area (Å²) >= 11 is 0. The van der Waals surface area contributed by atoms with Gasteiger partial charge in [0.05, 0.1) is 20.3 Å². The van der Waals surface area contributed by atoms with E-state index in [1.54, 1.807) is 7.11 Å². The standard InChI is InChI=1S/C19H32N4O2.HI/c1-5-20-19(21-12-13-23(6-2)16-9-10-16)22-15-8-11-17(25-7-3)18(14-15)24-4;/h8,11,14,16H,5-7,9-10,12-13H2,1-4H3,(H2,20,21,22);1H. The van der Waals surface area contributed by atoms with Crippen LogP contribution in [0.3, 0.4) is 0 Å². The molecule has 148 valence electrons. The Morgan fingerprint density at radius 3 is 2.58 bits per heavy atom. The third-order valence-electron chi connectivity index (χ3n) is 4.20. The Hall–Kier alpha value is -1.22. The first kappa shape index (κ1) is 22.8. The number of guanidine groups is 1. The summed E-state index contributed by atoms with van der Waals surface area (Å²) in [7, 11) is 1.65. The van der Waals surface area contributed by atoms with Crippen molar-refractivity contribution < 1.29 is 9.47 Å². The molecule has 1 aliphatic rings. The molecule has 6 nitrogen and oxygen atoms in total. The highest BCUT2D eigenvalue weighted by atomic mass is 127. The Morgan fingerprint density at radius 1 is 1.23 bits per heavy atom. The van der Waals surface area contributed by atoms with Gasteiger partial charge < -0.3 is 20.1 Å². The molecule has 1 aromatic rings. The molecule has 2 N–H and O–H groups in total. The van der Waals surface area contributed by atoms with Crippen molar-refractivity contribution in [2.75, 3.05) is 45.2 Å². The topological polar surface area (TPSA) is 58.1 Å². The van der Waals surface area contributed by atoms with Crippen LogP contribution in [0.5, 0.6) is 11.5 Å². The third kappa shape index (κ3) is 7.19. The molecule has 1 saturated carbocycles. The zero-order valence-electron chi connectivity index (χ0n) is 16.4. The molecule has 1 fully saturated rings. The van der Waals surface area contributed by atoms with Gasteiger partial charge in [-0.1, -0.05) is 6.92 Å². The highest BCUT2D eigenvalue weighted by Gasteiger charge is 2.27. The number of aliphatic imine (C=N–C) groups is 1. The lowest BCUT2D eigenvalue weighted by atomic mass is 10.2. The summed E-state index contributed by atoms with van der Waals surface area (Å²) in [4.78, 5) is 7.21. The normalized spacial score (nSPS) is 14.0. The van der Waals surface area contributed by atoms with Gasteiger partial charge in [0.15, 0.2) is 17.5 Å². The van der Waals surface area contributed by atoms with E-state index in [4.69, 9.17) is 14.5 Å². The fourth-order valence-electron chi connectivity index (χ4n) is 2.79. The maximum absolute atomic E-state index is 5.56. The maximum Gasteiger partial charge on any atom is 0.195 e. The van der Waals surface area contributed by atoms with Gasteiger partial charge in [0.25, 0.3) is 0 Å². The Kier molecular flexibility index (Phi) is 10.7. The molecule has 0 aromatic heterocycles. The van der Waals surface area contributed by atoms with Gasteiger partial charge in [-0.05, 0) is 45.4 Å². The van der Waals surface area contributed by atoms with E-state index in [2.05, 4.69) is 29.4 Å². The summed E-state index contributed by atoms with van der Waals surface area (Å²) in [6.07, 6.45) is 2.67. The van der Waals surface area contributed by atoms with Crippen LogP contribution in [0.1, 0.15) is 33.6 Å². The molecule has 0 radical (unpaired) electrons. The summed E-state index contributed by atoms with van der Waals surface area (Å²) in [5.41, 5.74) is 0.926. The van der Waals surface area contributed by atoms with Crippen LogP contribution in [0.15, 0.2) is 23.2 Å². The number of nitrogens with one attached hydrogen (secondary N) is 2. The number of anilines is 1. The van der Waals surface area contributed by atoms with E-state index in [0.29, 0.717) is 12.4 Å². The van der Waals surface area contributed by atoms with Crippen molar-refractivity contribution in [2.45, 2.75) is 39.7 Å². The second kappa shape index (κ2) is 12.2. The van der Waals surface area contributed by atoms with Crippen LogP contribution in [-0.4, -0.2) is 56.8 Å². The zero-order valence-corrected chi connectivity index (χ0v) is 18.7. The highest BCUT2D eigenvalue weighted by Crippen LogP contribution is 2.30. The van der Waals surface area contributed by atoms with Gasteiger partial charge in [-0.25, -0.2) is 0 Å². The molecule has 26 heavy (non-hydrogen) atoms. The SMILES string of the molecule is CCNC(=NCCN(CC)C1CC1)Nc1ccc(OCC)c(OC)c1.I. The van der Waals surface area contributed by atoms with Crippen LogP contribution in [0, 0.1) is 0 Å². The number of nitrogens with zero attached hydrogens (tertiary/aromatic N) is 2. The Bertz CT molecular complexity index is 564. The fraction of sp³-hybridized carbons (Fsp3) is 0.632. The third-order valence-corrected chi connectivity index (χ3v) is 4.20. The van der Waals surface area contributed by atoms with Gasteiger partial charge in [-0.3, -0.25) is 9.89 Å². The number of halogens is 1. The second-order valence-corrected chi connectivity index (χ2v) is 6.04. The van der Waals surface area contributed by atoms with Crippen LogP contribution in [0.2, 0.25) is 0 Å². The number of methoxy groups -OCH3 is 1. The fourth-order valence-corrected chi connectivity index (χ4v) is 2.79. The molecule has 0 aliphatic heterocycles. The van der Waals surface area contributed by atoms with Crippen LogP contribution in [0.25, 0.3) is 0 Å². The lowest BCUT2D eigenvalue weighted by Crippen LogP contribution is -2.33. The Balaban J connectivity index is 0.00000338. The monoisotopic (exact) mass is 476 g/mol. The van der Waals surface area contributed by atoms with Crippen molar-refractivity contribution in [1.29, 1.82) is 0 Å². The molecule has 7 heteroatoms. The lowest BCUT2D eigenvalue weighted by Gasteiger charge is -2.19. The quantitative estimate of drug-likeness (QED) is 0.307. The minimum absolute atomic E-state index is 0. The first-order valence-corrected chi connectivity index (χ1v) is 9.32. The van der Waals surface area contributed by atoms with E-state index in [0.717, 1.165) is 49.6 Å². The van der Waals surface area contributed by atoms with Crippen LogP contribution < -0.4 is 20.1 Å². The van der Waals surface area contributed by atoms with Crippen molar-refractivity contribution in [1.82, 2.24) is 10.2 Å². The first-order chi connectivity index (χ1) is 12.2. The number of benzene rings is 1. The zero-order chi connectivity index (χ0) is 18.1. The van der Waals surface area contributed by atoms with Crippen molar-refractivity contribution in [2.24, 2.45) is 4.99 Å². The molecule has 1 aromatic carbocycles. The summed E-state index contributed by atoms with van der Waals surface area (Å²) in [6.45, 7) is 10.6. The van der Waals surface area contributed by atoms with Gasteiger partial charge in [0.1, 0.15) is 0 Å². The molecular formula is C19H33IN4O2. The largest absolute Gasteiger partial charge is 0.493 e. The second-order valence-electron chi connectivity index (χ2n) is 6.04. The number of hydrogen-bond acceptors (Lipinski definition) is 4. The predicted octanol–water partition coefficient (Wildman–Crippen LogP) is 3.57. The molecule has 2 rings (SSSR count). The van der Waals surface area contributed by atoms with Crippen molar-refractivity contribution in [3.05, 3.63) is 18.2 Å². The number of likely N-dealkylation sites (N-methyl/N-ethyl adjacent to an activating group) is 1. The molecule has 1 aliphatic carbocycles. The van der Waals surface area contributed by atoms with E-state index in [9.17, 15) is 0 Å². The Labute approximate surface area is 174 Å². The maximum atomic E-state index is 5.56. The molecule has 0 atom stereocenters. The molecule has 0 bridgehead atoms. The van der Waals surface area contributed by atoms with Gasteiger partial charge in [0, 0.05) is 30.9 Å². The lowest BCUT2D eigenvalue weighted by molar-refractivity contribution is 0.286. The van der Waals surface area contributed by atoms with Gasteiger partial charge in [0.2, 0.25) is 0 Å². The summed E-state index contributed by atoms with van der Waals surface area (Å²) in [5, 5.41) is 6.64. The van der Waals surface area contributed by atoms with Crippen LogP contribution >= 0.6 is 24.0 Å². The summed E-state index contributed by atoms with van der Waals surface area (Å²) < 4.78 is 11.0. The van der Waals surface area contributed by atoms with E-state index in [1.165, 1.54) is 12.8 Å². The molecule has 0 heterocycles. The average molecular weight is 476 g/mol. The van der Waals surface area contributed by atoms with Crippen molar-refractivity contribution >= 4 is 35.6 Å². The minimum Gasteiger partial charge on any atom is -0.493 e. The van der Waals surface area contributed by atoms with Crippen LogP contribution in [0.4, 0.5) is 5.69 Å². The van der Waals surface area contributed by atoms with Crippen molar-refractivity contribution in [3.63, 3.8) is 0 Å². The molecular weight excluding hydrogens is 443 g/mol. The smallest absolute Gasteiger partial charge is 0.195 e.